The molecule has 1 aliphatic rings. The Balaban J connectivity index is 1.57. The number of carboxylic acid groups (broad SMARTS) is 1. The molecule has 176 valence electrons. The van der Waals surface area contributed by atoms with Crippen molar-refractivity contribution in [3.05, 3.63) is 52.4 Å². The summed E-state index contributed by atoms with van der Waals surface area (Å²) in [7, 11) is 0. The van der Waals surface area contributed by atoms with Gasteiger partial charge in [0.05, 0.1) is 27.6 Å². The van der Waals surface area contributed by atoms with Gasteiger partial charge < -0.3 is 20.1 Å². The molecule has 4 heterocycles. The second kappa shape index (κ2) is 8.56. The summed E-state index contributed by atoms with van der Waals surface area (Å²) in [6.45, 7) is 4.66. The van der Waals surface area contributed by atoms with E-state index in [0.29, 0.717) is 69.5 Å². The molecule has 0 unspecified atom stereocenters. The first-order valence-corrected chi connectivity index (χ1v) is 11.4. The summed E-state index contributed by atoms with van der Waals surface area (Å²) in [6, 6.07) is 5.69. The fourth-order valence-corrected chi connectivity index (χ4v) is 4.97. The molecule has 0 saturated carbocycles. The zero-order chi connectivity index (χ0) is 24.9. The standard InChI is InChI=1S/C25H21ClN6O3/c1-12-3-4-18(33)13(2)19(12)17-10-28-23-20(16(17)7-27)21(26)22(31-23)15-8-29-25(30-9-15)32-6-5-14(11-32)24(34)35/h3-4,8-10,14,33H,5-6,11H2,1-2H3,(H,28,31)(H,34,35)/t14-/m0/s1. The summed E-state index contributed by atoms with van der Waals surface area (Å²) in [5.74, 6) is -0.645. The first-order valence-electron chi connectivity index (χ1n) is 11.0. The molecule has 10 heteroatoms. The lowest BCUT2D eigenvalue weighted by atomic mass is 9.92. The fourth-order valence-electron chi connectivity index (χ4n) is 4.63. The Morgan fingerprint density at radius 3 is 2.63 bits per heavy atom. The van der Waals surface area contributed by atoms with Gasteiger partial charge in [-0.05, 0) is 43.0 Å². The second-order valence-electron chi connectivity index (χ2n) is 8.64. The van der Waals surface area contributed by atoms with Gasteiger partial charge in [-0.2, -0.15) is 5.26 Å². The number of fused-ring (bicyclic) bond motifs is 1. The van der Waals surface area contributed by atoms with Gasteiger partial charge in [0, 0.05) is 42.8 Å². The smallest absolute Gasteiger partial charge is 0.308 e. The van der Waals surface area contributed by atoms with Gasteiger partial charge in [-0.3, -0.25) is 4.79 Å². The van der Waals surface area contributed by atoms with Crippen molar-refractivity contribution in [2.75, 3.05) is 18.0 Å². The van der Waals surface area contributed by atoms with Gasteiger partial charge in [-0.15, -0.1) is 0 Å². The molecule has 0 aliphatic carbocycles. The predicted octanol–water partition coefficient (Wildman–Crippen LogP) is 4.45. The molecule has 1 aliphatic heterocycles. The molecule has 0 radical (unpaired) electrons. The minimum atomic E-state index is -0.815. The minimum absolute atomic E-state index is 0.139. The van der Waals surface area contributed by atoms with Crippen LogP contribution in [0.15, 0.2) is 30.7 Å². The number of hydrogen-bond acceptors (Lipinski definition) is 7. The van der Waals surface area contributed by atoms with Gasteiger partial charge in [-0.1, -0.05) is 17.7 Å². The van der Waals surface area contributed by atoms with E-state index in [2.05, 4.69) is 26.0 Å². The van der Waals surface area contributed by atoms with Crippen molar-refractivity contribution in [3.8, 4) is 34.2 Å². The SMILES string of the molecule is Cc1ccc(O)c(C)c1-c1cnc2[nH]c(-c3cnc(N4CC[C@H](C(=O)O)C4)nc3)c(Cl)c2c1C#N. The number of aryl methyl sites for hydroxylation is 1. The Labute approximate surface area is 205 Å². The highest BCUT2D eigenvalue weighted by Crippen LogP contribution is 2.41. The van der Waals surface area contributed by atoms with Crippen molar-refractivity contribution in [2.24, 2.45) is 5.92 Å². The van der Waals surface area contributed by atoms with Crippen LogP contribution in [-0.2, 0) is 4.79 Å². The molecule has 0 amide bonds. The van der Waals surface area contributed by atoms with E-state index < -0.39 is 11.9 Å². The molecular weight excluding hydrogens is 468 g/mol. The Bertz CT molecular complexity index is 1520. The summed E-state index contributed by atoms with van der Waals surface area (Å²) in [6.07, 6.45) is 5.39. The van der Waals surface area contributed by atoms with E-state index in [4.69, 9.17) is 11.6 Å². The summed E-state index contributed by atoms with van der Waals surface area (Å²) < 4.78 is 0. The topological polar surface area (TPSA) is 139 Å². The average Bonchev–Trinajstić information content (AvgIpc) is 3.47. The second-order valence-corrected chi connectivity index (χ2v) is 9.02. The van der Waals surface area contributed by atoms with E-state index >= 15 is 0 Å². The van der Waals surface area contributed by atoms with Gasteiger partial charge in [0.2, 0.25) is 5.95 Å². The third kappa shape index (κ3) is 3.72. The molecule has 1 saturated heterocycles. The molecule has 1 fully saturated rings. The molecule has 0 bridgehead atoms. The molecule has 9 nitrogen and oxygen atoms in total. The van der Waals surface area contributed by atoms with Crippen molar-refractivity contribution in [1.29, 1.82) is 5.26 Å². The van der Waals surface area contributed by atoms with E-state index in [1.807, 2.05) is 11.8 Å². The van der Waals surface area contributed by atoms with Crippen LogP contribution in [0.25, 0.3) is 33.4 Å². The highest BCUT2D eigenvalue weighted by atomic mass is 35.5. The number of H-pyrrole nitrogens is 1. The largest absolute Gasteiger partial charge is 0.508 e. The number of pyridine rings is 1. The maximum atomic E-state index is 11.2. The minimum Gasteiger partial charge on any atom is -0.508 e. The van der Waals surface area contributed by atoms with Crippen LogP contribution >= 0.6 is 11.6 Å². The number of carboxylic acids is 1. The number of phenolic OH excluding ortho intramolecular Hbond substituents is 1. The highest BCUT2D eigenvalue weighted by molar-refractivity contribution is 6.38. The van der Waals surface area contributed by atoms with Gasteiger partial charge in [0.25, 0.3) is 0 Å². The number of benzene rings is 1. The van der Waals surface area contributed by atoms with Crippen molar-refractivity contribution in [1.82, 2.24) is 19.9 Å². The Kier molecular flexibility index (Phi) is 5.53. The molecule has 4 aromatic rings. The van der Waals surface area contributed by atoms with Crippen LogP contribution in [0, 0.1) is 31.1 Å². The Morgan fingerprint density at radius 1 is 1.23 bits per heavy atom. The van der Waals surface area contributed by atoms with Crippen LogP contribution in [0.5, 0.6) is 5.75 Å². The van der Waals surface area contributed by atoms with Crippen LogP contribution in [0.1, 0.15) is 23.1 Å². The average molecular weight is 489 g/mol. The number of nitrogens with one attached hydrogen (secondary N) is 1. The molecule has 3 N–H and O–H groups in total. The predicted molar refractivity (Wildman–Crippen MR) is 131 cm³/mol. The Morgan fingerprint density at radius 2 is 1.97 bits per heavy atom. The van der Waals surface area contributed by atoms with E-state index in [-0.39, 0.29) is 5.75 Å². The third-order valence-electron chi connectivity index (χ3n) is 6.53. The van der Waals surface area contributed by atoms with Crippen molar-refractivity contribution in [3.63, 3.8) is 0 Å². The number of aromatic hydroxyl groups is 1. The van der Waals surface area contributed by atoms with Crippen molar-refractivity contribution >= 4 is 34.6 Å². The summed E-state index contributed by atoms with van der Waals surface area (Å²) in [5.41, 5.74) is 4.85. The summed E-state index contributed by atoms with van der Waals surface area (Å²) in [4.78, 5) is 29.6. The van der Waals surface area contributed by atoms with Crippen molar-refractivity contribution < 1.29 is 15.0 Å². The molecule has 3 aromatic heterocycles. The van der Waals surface area contributed by atoms with Gasteiger partial charge in [-0.25, -0.2) is 15.0 Å². The number of hydrogen-bond donors (Lipinski definition) is 3. The lowest BCUT2D eigenvalue weighted by Gasteiger charge is -2.15. The Hall–Kier alpha value is -4.16. The number of nitriles is 1. The first kappa shape index (κ1) is 22.6. The van der Waals surface area contributed by atoms with Gasteiger partial charge in [0.1, 0.15) is 17.5 Å². The lowest BCUT2D eigenvalue weighted by Crippen LogP contribution is -2.24. The lowest BCUT2D eigenvalue weighted by molar-refractivity contribution is -0.140. The number of phenols is 1. The van der Waals surface area contributed by atoms with Gasteiger partial charge >= 0.3 is 5.97 Å². The van der Waals surface area contributed by atoms with Crippen LogP contribution in [0.2, 0.25) is 5.02 Å². The van der Waals surface area contributed by atoms with Gasteiger partial charge in [0.15, 0.2) is 0 Å². The van der Waals surface area contributed by atoms with Crippen LogP contribution in [0.3, 0.4) is 0 Å². The quantitative estimate of drug-likeness (QED) is 0.383. The van der Waals surface area contributed by atoms with Crippen molar-refractivity contribution in [2.45, 2.75) is 20.3 Å². The number of nitrogens with zero attached hydrogens (tertiary/aromatic N) is 5. The van der Waals surface area contributed by atoms with Crippen LogP contribution in [0.4, 0.5) is 5.95 Å². The normalized spacial score (nSPS) is 15.5. The molecule has 1 atom stereocenters. The number of aromatic amines is 1. The first-order chi connectivity index (χ1) is 16.8. The third-order valence-corrected chi connectivity index (χ3v) is 6.91. The summed E-state index contributed by atoms with van der Waals surface area (Å²) >= 11 is 6.76. The number of aromatic nitrogens is 4. The molecular formula is C25H21ClN6O3. The van der Waals surface area contributed by atoms with E-state index in [9.17, 15) is 20.3 Å². The number of halogens is 1. The highest BCUT2D eigenvalue weighted by Gasteiger charge is 2.29. The molecule has 1 aromatic carbocycles. The zero-order valence-electron chi connectivity index (χ0n) is 19.0. The van der Waals surface area contributed by atoms with Crippen LogP contribution in [-0.4, -0.2) is 49.2 Å². The van der Waals surface area contributed by atoms with E-state index in [1.54, 1.807) is 37.6 Å². The van der Waals surface area contributed by atoms with Crippen LogP contribution < -0.4 is 4.90 Å². The monoisotopic (exact) mass is 488 g/mol. The fraction of sp³-hybridized carbons (Fsp3) is 0.240. The zero-order valence-corrected chi connectivity index (χ0v) is 19.8. The number of rotatable bonds is 4. The number of carbonyl (C=O) groups is 1. The molecule has 35 heavy (non-hydrogen) atoms. The number of anilines is 1. The van der Waals surface area contributed by atoms with E-state index in [0.717, 1.165) is 11.1 Å². The summed E-state index contributed by atoms with van der Waals surface area (Å²) in [5, 5.41) is 30.3. The maximum absolute atomic E-state index is 11.2. The maximum Gasteiger partial charge on any atom is 0.308 e. The molecule has 5 rings (SSSR count). The van der Waals surface area contributed by atoms with E-state index in [1.165, 1.54) is 0 Å². The number of aliphatic carboxylic acids is 1. The molecule has 0 spiro atoms.